The van der Waals surface area contributed by atoms with Gasteiger partial charge in [0.1, 0.15) is 0 Å². The van der Waals surface area contributed by atoms with Crippen molar-refractivity contribution in [2.45, 2.75) is 12.7 Å². The molecule has 26 heavy (non-hydrogen) atoms. The first kappa shape index (κ1) is 17.8. The molecule has 136 valence electrons. The molecule has 2 aromatic carbocycles. The van der Waals surface area contributed by atoms with Crippen molar-refractivity contribution in [3.8, 4) is 5.75 Å². The molecule has 0 saturated heterocycles. The second-order valence-corrected chi connectivity index (χ2v) is 5.81. The molecule has 4 nitrogen and oxygen atoms in total. The van der Waals surface area contributed by atoms with Gasteiger partial charge < -0.3 is 14.1 Å². The van der Waals surface area contributed by atoms with E-state index >= 15 is 0 Å². The number of carbonyl (C=O) groups is 1. The Labute approximate surface area is 147 Å². The van der Waals surface area contributed by atoms with Gasteiger partial charge in [-0.25, -0.2) is 0 Å². The van der Waals surface area contributed by atoms with E-state index < -0.39 is 17.6 Å². The third-order valence-corrected chi connectivity index (χ3v) is 4.02. The second-order valence-electron chi connectivity index (χ2n) is 5.81. The molecular weight excluding hydrogens is 347 g/mol. The summed E-state index contributed by atoms with van der Waals surface area (Å²) < 4.78 is 50.1. The summed E-state index contributed by atoms with van der Waals surface area (Å²) in [7, 11) is 2.92. The number of hydrogen-bond acceptors (Lipinski definition) is 3. The Kier molecular flexibility index (Phi) is 4.63. The van der Waals surface area contributed by atoms with Gasteiger partial charge in [-0.05, 0) is 23.8 Å². The maximum atomic E-state index is 13.1. The Hall–Kier alpha value is -2.96. The minimum absolute atomic E-state index is 0.0181. The number of hydrogen-bond donors (Lipinski definition) is 0. The number of methoxy groups -OCH3 is 1. The minimum atomic E-state index is -4.48. The smallest absolute Gasteiger partial charge is 0.416 e. The van der Waals surface area contributed by atoms with Crippen LogP contribution in [0.25, 0.3) is 11.0 Å². The van der Waals surface area contributed by atoms with Gasteiger partial charge in [0.15, 0.2) is 17.1 Å². The number of benzene rings is 2. The van der Waals surface area contributed by atoms with Crippen molar-refractivity contribution in [2.24, 2.45) is 0 Å². The number of furan rings is 1. The predicted octanol–water partition coefficient (Wildman–Crippen LogP) is 4.73. The van der Waals surface area contributed by atoms with E-state index in [0.29, 0.717) is 16.7 Å². The highest BCUT2D eigenvalue weighted by atomic mass is 19.4. The summed E-state index contributed by atoms with van der Waals surface area (Å²) in [6.45, 7) is -0.192. The van der Waals surface area contributed by atoms with Gasteiger partial charge in [0.2, 0.25) is 0 Å². The van der Waals surface area contributed by atoms with Crippen molar-refractivity contribution in [3.05, 3.63) is 65.4 Å². The van der Waals surface area contributed by atoms with Crippen molar-refractivity contribution in [1.29, 1.82) is 0 Å². The highest BCUT2D eigenvalue weighted by molar-refractivity contribution is 5.97. The van der Waals surface area contributed by atoms with Gasteiger partial charge in [0.05, 0.1) is 12.7 Å². The van der Waals surface area contributed by atoms with Crippen molar-refractivity contribution in [3.63, 3.8) is 0 Å². The zero-order valence-electron chi connectivity index (χ0n) is 14.1. The molecule has 0 aliphatic heterocycles. The van der Waals surface area contributed by atoms with E-state index in [-0.39, 0.29) is 17.9 Å². The molecule has 3 rings (SSSR count). The van der Waals surface area contributed by atoms with Gasteiger partial charge in [-0.1, -0.05) is 30.3 Å². The number of ether oxygens (including phenoxy) is 1. The zero-order valence-corrected chi connectivity index (χ0v) is 14.1. The topological polar surface area (TPSA) is 42.7 Å². The average molecular weight is 363 g/mol. The summed E-state index contributed by atoms with van der Waals surface area (Å²) in [4.78, 5) is 13.8. The normalized spacial score (nSPS) is 11.6. The van der Waals surface area contributed by atoms with E-state index in [2.05, 4.69) is 0 Å². The number of amides is 1. The second kappa shape index (κ2) is 6.74. The third-order valence-electron chi connectivity index (χ3n) is 4.02. The van der Waals surface area contributed by atoms with Gasteiger partial charge >= 0.3 is 6.18 Å². The van der Waals surface area contributed by atoms with Crippen molar-refractivity contribution < 1.29 is 27.1 Å². The van der Waals surface area contributed by atoms with Crippen molar-refractivity contribution in [1.82, 2.24) is 4.90 Å². The molecule has 3 aromatic rings. The lowest BCUT2D eigenvalue weighted by Crippen LogP contribution is -2.27. The molecule has 1 aromatic heterocycles. The number of carbonyl (C=O) groups excluding carboxylic acids is 1. The molecule has 0 aliphatic carbocycles. The number of para-hydroxylation sites is 1. The van der Waals surface area contributed by atoms with Crippen LogP contribution in [0.2, 0.25) is 0 Å². The molecule has 0 spiro atoms. The van der Waals surface area contributed by atoms with Crippen LogP contribution in [0.5, 0.6) is 5.75 Å². The monoisotopic (exact) mass is 363 g/mol. The Morgan fingerprint density at radius 3 is 2.58 bits per heavy atom. The summed E-state index contributed by atoms with van der Waals surface area (Å²) in [6, 6.07) is 11.9. The molecule has 1 heterocycles. The summed E-state index contributed by atoms with van der Waals surface area (Å²) in [5.41, 5.74) is -0.321. The lowest BCUT2D eigenvalue weighted by molar-refractivity contribution is -0.138. The summed E-state index contributed by atoms with van der Waals surface area (Å²) >= 11 is 0. The number of fused-ring (bicyclic) bond motifs is 1. The number of rotatable bonds is 4. The van der Waals surface area contributed by atoms with Gasteiger partial charge in [0.25, 0.3) is 5.91 Å². The van der Waals surface area contributed by atoms with Crippen LogP contribution >= 0.6 is 0 Å². The maximum Gasteiger partial charge on any atom is 0.416 e. The fraction of sp³-hybridized carbons (Fsp3) is 0.211. The Balaban J connectivity index is 1.88. The highest BCUT2D eigenvalue weighted by Crippen LogP contribution is 2.33. The van der Waals surface area contributed by atoms with Crippen LogP contribution < -0.4 is 4.74 Å². The standard InChI is InChI=1S/C19H16F3NO3/c1-23(11-13-6-3-4-8-14(13)19(20,21)22)18(24)16-10-12-7-5-9-15(25-2)17(12)26-16/h3-10H,11H2,1-2H3. The number of halogens is 3. The predicted molar refractivity (Wildman–Crippen MR) is 90.0 cm³/mol. The van der Waals surface area contributed by atoms with Gasteiger partial charge in [-0.2, -0.15) is 13.2 Å². The fourth-order valence-electron chi connectivity index (χ4n) is 2.75. The lowest BCUT2D eigenvalue weighted by atomic mass is 10.1. The van der Waals surface area contributed by atoms with E-state index in [0.717, 1.165) is 6.07 Å². The van der Waals surface area contributed by atoms with Crippen molar-refractivity contribution >= 4 is 16.9 Å². The molecule has 0 aliphatic rings. The van der Waals surface area contributed by atoms with Crippen LogP contribution in [0.4, 0.5) is 13.2 Å². The van der Waals surface area contributed by atoms with E-state index in [1.54, 1.807) is 24.3 Å². The van der Waals surface area contributed by atoms with Gasteiger partial charge in [0, 0.05) is 19.0 Å². The van der Waals surface area contributed by atoms with E-state index in [1.807, 2.05) is 0 Å². The van der Waals surface area contributed by atoms with Crippen LogP contribution in [0.15, 0.2) is 52.9 Å². The third kappa shape index (κ3) is 3.37. The number of alkyl halides is 3. The Morgan fingerprint density at radius 2 is 1.88 bits per heavy atom. The largest absolute Gasteiger partial charge is 0.493 e. The lowest BCUT2D eigenvalue weighted by Gasteiger charge is -2.19. The van der Waals surface area contributed by atoms with Crippen LogP contribution in [-0.2, 0) is 12.7 Å². The number of nitrogens with zero attached hydrogens (tertiary/aromatic N) is 1. The molecule has 0 saturated carbocycles. The Morgan fingerprint density at radius 1 is 1.15 bits per heavy atom. The molecule has 0 N–H and O–H groups in total. The Bertz CT molecular complexity index is 947. The molecule has 1 amide bonds. The maximum absolute atomic E-state index is 13.1. The van der Waals surface area contributed by atoms with Crippen LogP contribution in [0.1, 0.15) is 21.7 Å². The van der Waals surface area contributed by atoms with Crippen LogP contribution in [-0.4, -0.2) is 25.0 Å². The average Bonchev–Trinajstić information content (AvgIpc) is 3.04. The zero-order chi connectivity index (χ0) is 18.9. The molecule has 0 bridgehead atoms. The highest BCUT2D eigenvalue weighted by Gasteiger charge is 2.33. The molecule has 0 radical (unpaired) electrons. The quantitative estimate of drug-likeness (QED) is 0.673. The fourth-order valence-corrected chi connectivity index (χ4v) is 2.75. The van der Waals surface area contributed by atoms with Crippen molar-refractivity contribution in [2.75, 3.05) is 14.2 Å². The van der Waals surface area contributed by atoms with E-state index in [4.69, 9.17) is 9.15 Å². The summed E-state index contributed by atoms with van der Waals surface area (Å²) in [6.07, 6.45) is -4.48. The van der Waals surface area contributed by atoms with Gasteiger partial charge in [-0.3, -0.25) is 4.79 Å². The van der Waals surface area contributed by atoms with Crippen LogP contribution in [0.3, 0.4) is 0 Å². The van der Waals surface area contributed by atoms with E-state index in [9.17, 15) is 18.0 Å². The molecule has 0 fully saturated rings. The first-order valence-corrected chi connectivity index (χ1v) is 7.78. The molecule has 0 unspecified atom stereocenters. The summed E-state index contributed by atoms with van der Waals surface area (Å²) in [5, 5.41) is 0.678. The molecule has 0 atom stereocenters. The minimum Gasteiger partial charge on any atom is -0.493 e. The first-order chi connectivity index (χ1) is 12.3. The first-order valence-electron chi connectivity index (χ1n) is 7.78. The van der Waals surface area contributed by atoms with Gasteiger partial charge in [-0.15, -0.1) is 0 Å². The SMILES string of the molecule is COc1cccc2cc(C(=O)N(C)Cc3ccccc3C(F)(F)F)oc12. The summed E-state index contributed by atoms with van der Waals surface area (Å²) in [5.74, 6) is 0.00309. The molecular formula is C19H16F3NO3. The van der Waals surface area contributed by atoms with E-state index in [1.165, 1.54) is 37.3 Å². The van der Waals surface area contributed by atoms with Crippen LogP contribution in [0, 0.1) is 0 Å². The molecule has 7 heteroatoms.